The molecule has 1 aliphatic heterocycles. The smallest absolute Gasteiger partial charge is 0.261 e. The minimum Gasteiger partial charge on any atom is -0.493 e. The number of methoxy groups -OCH3 is 1. The number of carbonyl (C=O) groups is 2. The van der Waals surface area contributed by atoms with Crippen molar-refractivity contribution in [3.8, 4) is 11.5 Å². The highest BCUT2D eigenvalue weighted by atomic mass is 16.5. The fourth-order valence-corrected chi connectivity index (χ4v) is 1.98. The number of aryl methyl sites for hydroxylation is 1. The summed E-state index contributed by atoms with van der Waals surface area (Å²) in [6, 6.07) is 5.50. The van der Waals surface area contributed by atoms with Crippen LogP contribution in [0.3, 0.4) is 0 Å². The standard InChI is InChI=1S/C14H18N2O4/c1-10-3-4-11(12(7-10)19-2)20-9-14(18)16-6-5-15-13(17)8-16/h3-4,7H,5-6,8-9H2,1-2H3,(H,15,17). The lowest BCUT2D eigenvalue weighted by atomic mass is 10.2. The van der Waals surface area contributed by atoms with E-state index >= 15 is 0 Å². The largest absolute Gasteiger partial charge is 0.493 e. The molecule has 1 aliphatic rings. The number of rotatable bonds is 4. The van der Waals surface area contributed by atoms with Gasteiger partial charge in [0.05, 0.1) is 13.7 Å². The first-order valence-corrected chi connectivity index (χ1v) is 6.42. The van der Waals surface area contributed by atoms with Crippen LogP contribution in [0.15, 0.2) is 18.2 Å². The van der Waals surface area contributed by atoms with Crippen molar-refractivity contribution >= 4 is 11.8 Å². The maximum Gasteiger partial charge on any atom is 0.261 e. The minimum absolute atomic E-state index is 0.0905. The lowest BCUT2D eigenvalue weighted by molar-refractivity contribution is -0.139. The van der Waals surface area contributed by atoms with Crippen LogP contribution in [-0.2, 0) is 9.59 Å². The molecule has 0 spiro atoms. The molecule has 2 amide bonds. The maximum absolute atomic E-state index is 12.0. The Balaban J connectivity index is 1.94. The highest BCUT2D eigenvalue weighted by molar-refractivity contribution is 5.86. The van der Waals surface area contributed by atoms with E-state index in [0.717, 1.165) is 5.56 Å². The third-order valence-electron chi connectivity index (χ3n) is 3.06. The molecule has 0 bridgehead atoms. The van der Waals surface area contributed by atoms with E-state index in [-0.39, 0.29) is 25.0 Å². The SMILES string of the molecule is COc1cc(C)ccc1OCC(=O)N1CCNC(=O)C1. The zero-order valence-corrected chi connectivity index (χ0v) is 11.6. The van der Waals surface area contributed by atoms with E-state index in [1.807, 2.05) is 19.1 Å². The van der Waals surface area contributed by atoms with Crippen molar-refractivity contribution in [2.24, 2.45) is 0 Å². The Kier molecular flexibility index (Phi) is 4.45. The van der Waals surface area contributed by atoms with Gasteiger partial charge in [-0.15, -0.1) is 0 Å². The zero-order valence-electron chi connectivity index (χ0n) is 11.6. The number of piperazine rings is 1. The quantitative estimate of drug-likeness (QED) is 0.862. The summed E-state index contributed by atoms with van der Waals surface area (Å²) >= 11 is 0. The van der Waals surface area contributed by atoms with Gasteiger partial charge in [-0.2, -0.15) is 0 Å². The highest BCUT2D eigenvalue weighted by Gasteiger charge is 2.21. The number of hydrogen-bond acceptors (Lipinski definition) is 4. The average molecular weight is 278 g/mol. The zero-order chi connectivity index (χ0) is 14.5. The molecule has 1 aromatic carbocycles. The van der Waals surface area contributed by atoms with Crippen molar-refractivity contribution < 1.29 is 19.1 Å². The van der Waals surface area contributed by atoms with Crippen LogP contribution in [0.25, 0.3) is 0 Å². The van der Waals surface area contributed by atoms with Gasteiger partial charge >= 0.3 is 0 Å². The fraction of sp³-hybridized carbons (Fsp3) is 0.429. The van der Waals surface area contributed by atoms with E-state index in [1.165, 1.54) is 4.90 Å². The van der Waals surface area contributed by atoms with E-state index in [0.29, 0.717) is 24.6 Å². The first kappa shape index (κ1) is 14.2. The molecular formula is C14H18N2O4. The molecule has 6 nitrogen and oxygen atoms in total. The second kappa shape index (κ2) is 6.27. The normalized spacial score (nSPS) is 14.7. The lowest BCUT2D eigenvalue weighted by Crippen LogP contribution is -2.51. The topological polar surface area (TPSA) is 67.9 Å². The molecule has 0 atom stereocenters. The molecule has 0 unspecified atom stereocenters. The van der Waals surface area contributed by atoms with Gasteiger partial charge < -0.3 is 19.7 Å². The van der Waals surface area contributed by atoms with Gasteiger partial charge in [-0.1, -0.05) is 6.07 Å². The Labute approximate surface area is 117 Å². The number of carbonyl (C=O) groups excluding carboxylic acids is 2. The summed E-state index contributed by atoms with van der Waals surface area (Å²) in [7, 11) is 1.55. The molecule has 20 heavy (non-hydrogen) atoms. The molecule has 1 saturated heterocycles. The maximum atomic E-state index is 12.0. The first-order chi connectivity index (χ1) is 9.60. The summed E-state index contributed by atoms with van der Waals surface area (Å²) in [4.78, 5) is 24.7. The number of amides is 2. The van der Waals surface area contributed by atoms with E-state index in [2.05, 4.69) is 5.32 Å². The van der Waals surface area contributed by atoms with Crippen molar-refractivity contribution in [3.05, 3.63) is 23.8 Å². The van der Waals surface area contributed by atoms with Crippen molar-refractivity contribution in [1.82, 2.24) is 10.2 Å². The molecule has 0 aromatic heterocycles. The van der Waals surface area contributed by atoms with Crippen molar-refractivity contribution in [1.29, 1.82) is 0 Å². The molecule has 0 aliphatic carbocycles. The van der Waals surface area contributed by atoms with Crippen molar-refractivity contribution in [3.63, 3.8) is 0 Å². The van der Waals surface area contributed by atoms with Crippen LogP contribution in [0.5, 0.6) is 11.5 Å². The predicted octanol–water partition coefficient (Wildman–Crippen LogP) is 0.341. The monoisotopic (exact) mass is 278 g/mol. The summed E-state index contributed by atoms with van der Waals surface area (Å²) in [6.45, 7) is 2.93. The van der Waals surface area contributed by atoms with Gasteiger partial charge in [0.15, 0.2) is 18.1 Å². The molecule has 1 aromatic rings. The summed E-state index contributed by atoms with van der Waals surface area (Å²) in [5.41, 5.74) is 1.05. The number of nitrogens with one attached hydrogen (secondary N) is 1. The van der Waals surface area contributed by atoms with Gasteiger partial charge in [-0.25, -0.2) is 0 Å². The summed E-state index contributed by atoms with van der Waals surface area (Å²) < 4.78 is 10.7. The van der Waals surface area contributed by atoms with Gasteiger partial charge in [-0.3, -0.25) is 9.59 Å². The average Bonchev–Trinajstić information content (AvgIpc) is 2.45. The van der Waals surface area contributed by atoms with Crippen LogP contribution in [0.1, 0.15) is 5.56 Å². The van der Waals surface area contributed by atoms with E-state index in [4.69, 9.17) is 9.47 Å². The van der Waals surface area contributed by atoms with Crippen LogP contribution >= 0.6 is 0 Å². The van der Waals surface area contributed by atoms with Gasteiger partial charge in [0.1, 0.15) is 0 Å². The minimum atomic E-state index is -0.206. The van der Waals surface area contributed by atoms with E-state index in [1.54, 1.807) is 13.2 Å². The molecule has 1 fully saturated rings. The third-order valence-corrected chi connectivity index (χ3v) is 3.06. The molecule has 6 heteroatoms. The van der Waals surface area contributed by atoms with E-state index in [9.17, 15) is 9.59 Å². The molecule has 2 rings (SSSR count). The second-order valence-electron chi connectivity index (χ2n) is 4.61. The molecule has 0 radical (unpaired) electrons. The van der Waals surface area contributed by atoms with E-state index < -0.39 is 0 Å². The van der Waals surface area contributed by atoms with Crippen molar-refractivity contribution in [2.75, 3.05) is 33.4 Å². The lowest BCUT2D eigenvalue weighted by Gasteiger charge is -2.26. The Morgan fingerprint density at radius 3 is 2.90 bits per heavy atom. The summed E-state index contributed by atoms with van der Waals surface area (Å²) in [5.74, 6) is 0.766. The number of benzene rings is 1. The Morgan fingerprint density at radius 2 is 2.20 bits per heavy atom. The first-order valence-electron chi connectivity index (χ1n) is 6.42. The van der Waals surface area contributed by atoms with Gasteiger partial charge in [-0.05, 0) is 24.6 Å². The van der Waals surface area contributed by atoms with Crippen LogP contribution in [0, 0.1) is 6.92 Å². The van der Waals surface area contributed by atoms with Gasteiger partial charge in [0.25, 0.3) is 5.91 Å². The summed E-state index contributed by atoms with van der Waals surface area (Å²) in [6.07, 6.45) is 0. The fourth-order valence-electron chi connectivity index (χ4n) is 1.98. The molecule has 1 heterocycles. The number of hydrogen-bond donors (Lipinski definition) is 1. The van der Waals surface area contributed by atoms with Crippen LogP contribution in [0.4, 0.5) is 0 Å². The van der Waals surface area contributed by atoms with Crippen molar-refractivity contribution in [2.45, 2.75) is 6.92 Å². The Morgan fingerprint density at radius 1 is 1.40 bits per heavy atom. The molecule has 1 N–H and O–H groups in total. The summed E-state index contributed by atoms with van der Waals surface area (Å²) in [5, 5.41) is 2.67. The molecular weight excluding hydrogens is 260 g/mol. The molecule has 0 saturated carbocycles. The Bertz CT molecular complexity index is 516. The van der Waals surface area contributed by atoms with Gasteiger partial charge in [0, 0.05) is 13.1 Å². The van der Waals surface area contributed by atoms with Crippen LogP contribution < -0.4 is 14.8 Å². The number of ether oxygens (including phenoxy) is 2. The van der Waals surface area contributed by atoms with Crippen LogP contribution in [-0.4, -0.2) is 50.1 Å². The molecule has 108 valence electrons. The Hall–Kier alpha value is -2.24. The highest BCUT2D eigenvalue weighted by Crippen LogP contribution is 2.27. The second-order valence-corrected chi connectivity index (χ2v) is 4.61. The van der Waals surface area contributed by atoms with Gasteiger partial charge in [0.2, 0.25) is 5.91 Å². The van der Waals surface area contributed by atoms with Crippen LogP contribution in [0.2, 0.25) is 0 Å². The predicted molar refractivity (Wildman–Crippen MR) is 72.8 cm³/mol. The third kappa shape index (κ3) is 3.40. The number of nitrogens with zero attached hydrogens (tertiary/aromatic N) is 1.